The number of hydrogen-bond donors (Lipinski definition) is 1. The predicted molar refractivity (Wildman–Crippen MR) is 136 cm³/mol. The highest BCUT2D eigenvalue weighted by Gasteiger charge is 2.36. The molecule has 0 aliphatic carbocycles. The quantitative estimate of drug-likeness (QED) is 0.361. The molecule has 1 aliphatic heterocycles. The molecule has 0 saturated carbocycles. The average molecular weight is 466 g/mol. The molecule has 0 radical (unpaired) electrons. The van der Waals surface area contributed by atoms with E-state index in [4.69, 9.17) is 16.3 Å². The van der Waals surface area contributed by atoms with E-state index in [1.54, 1.807) is 30.3 Å². The number of nitrogens with one attached hydrogen (secondary N) is 1. The largest absolute Gasteiger partial charge is 0.494 e. The zero-order chi connectivity index (χ0) is 24.2. The van der Waals surface area contributed by atoms with Crippen LogP contribution in [0.3, 0.4) is 0 Å². The zero-order valence-corrected chi connectivity index (χ0v) is 20.8. The van der Waals surface area contributed by atoms with E-state index in [1.165, 1.54) is 5.56 Å². The van der Waals surface area contributed by atoms with Crippen molar-refractivity contribution in [3.63, 3.8) is 0 Å². The van der Waals surface area contributed by atoms with Crippen molar-refractivity contribution in [3.05, 3.63) is 58.1 Å². The summed E-state index contributed by atoms with van der Waals surface area (Å²) in [7, 11) is 0. The Balaban J connectivity index is 1.90. The number of hydrogen-bond acceptors (Lipinski definition) is 4. The van der Waals surface area contributed by atoms with E-state index in [2.05, 4.69) is 37.9 Å². The number of anilines is 2. The summed E-state index contributed by atoms with van der Waals surface area (Å²) in [6, 6.07) is 13.1. The van der Waals surface area contributed by atoms with Gasteiger partial charge in [0.25, 0.3) is 5.91 Å². The number of halogens is 1. The van der Waals surface area contributed by atoms with Crippen molar-refractivity contribution in [2.75, 3.05) is 23.4 Å². The third-order valence-corrected chi connectivity index (χ3v) is 6.37. The minimum Gasteiger partial charge on any atom is -0.494 e. The molecule has 0 spiro atoms. The fraction of sp³-hybridized carbons (Fsp3) is 0.407. The number of amides is 1. The van der Waals surface area contributed by atoms with Gasteiger partial charge in [0.05, 0.1) is 6.61 Å². The van der Waals surface area contributed by atoms with Crippen molar-refractivity contribution >= 4 is 35.0 Å². The molecular formula is C27H32ClN3O2. The lowest BCUT2D eigenvalue weighted by Gasteiger charge is -2.47. The van der Waals surface area contributed by atoms with Crippen LogP contribution >= 0.6 is 11.6 Å². The fourth-order valence-corrected chi connectivity index (χ4v) is 4.79. The molecule has 1 heterocycles. The summed E-state index contributed by atoms with van der Waals surface area (Å²) in [5.74, 6) is 0.592. The molecule has 33 heavy (non-hydrogen) atoms. The molecule has 6 heteroatoms. The highest BCUT2D eigenvalue weighted by atomic mass is 35.5. The van der Waals surface area contributed by atoms with Crippen LogP contribution in [0.5, 0.6) is 5.75 Å². The molecule has 0 bridgehead atoms. The van der Waals surface area contributed by atoms with Gasteiger partial charge in [-0.2, -0.15) is 5.26 Å². The lowest BCUT2D eigenvalue weighted by atomic mass is 9.79. The van der Waals surface area contributed by atoms with Gasteiger partial charge in [0.15, 0.2) is 0 Å². The molecular weight excluding hydrogens is 434 g/mol. The van der Waals surface area contributed by atoms with E-state index >= 15 is 0 Å². The van der Waals surface area contributed by atoms with Gasteiger partial charge in [0.2, 0.25) is 0 Å². The minimum absolute atomic E-state index is 0.0000543. The highest BCUT2D eigenvalue weighted by molar-refractivity contribution is 6.32. The number of benzene rings is 2. The fourth-order valence-electron chi connectivity index (χ4n) is 4.58. The molecule has 1 aliphatic rings. The smallest absolute Gasteiger partial charge is 0.266 e. The Morgan fingerprint density at radius 3 is 2.61 bits per heavy atom. The van der Waals surface area contributed by atoms with Crippen molar-refractivity contribution < 1.29 is 9.53 Å². The first kappa shape index (κ1) is 24.7. The van der Waals surface area contributed by atoms with Gasteiger partial charge in [-0.25, -0.2) is 0 Å². The molecule has 0 saturated heterocycles. The number of fused-ring (bicyclic) bond motifs is 1. The topological polar surface area (TPSA) is 65.4 Å². The van der Waals surface area contributed by atoms with Gasteiger partial charge in [0.1, 0.15) is 17.4 Å². The van der Waals surface area contributed by atoms with E-state index in [1.807, 2.05) is 25.1 Å². The van der Waals surface area contributed by atoms with Gasteiger partial charge in [-0.15, -0.1) is 0 Å². The molecule has 1 N–H and O–H groups in total. The molecule has 2 aromatic rings. The first-order valence-corrected chi connectivity index (χ1v) is 11.8. The van der Waals surface area contributed by atoms with Crippen molar-refractivity contribution in [2.24, 2.45) is 0 Å². The molecule has 0 fully saturated rings. The minimum atomic E-state index is -0.475. The lowest BCUT2D eigenvalue weighted by molar-refractivity contribution is -0.112. The van der Waals surface area contributed by atoms with E-state index in [9.17, 15) is 10.1 Å². The second-order valence-corrected chi connectivity index (χ2v) is 9.49. The summed E-state index contributed by atoms with van der Waals surface area (Å²) in [5.41, 5.74) is 3.64. The average Bonchev–Trinajstić information content (AvgIpc) is 2.76. The van der Waals surface area contributed by atoms with E-state index in [0.29, 0.717) is 28.8 Å². The first-order valence-electron chi connectivity index (χ1n) is 11.5. The van der Waals surface area contributed by atoms with Crippen LogP contribution in [-0.2, 0) is 4.79 Å². The maximum atomic E-state index is 12.8. The van der Waals surface area contributed by atoms with Crippen molar-refractivity contribution in [1.29, 1.82) is 5.26 Å². The standard InChI is InChI=1S/C27H32ClN3O2/c1-6-12-31-25-15-24(28)19(14-23(25)18(3)16-27(31,4)5)13-20(17-29)26(32)30-21-8-10-22(11-9-21)33-7-2/h8-11,13-15,18H,6-7,12,16H2,1-5H3,(H,30,32)/b20-13+. The van der Waals surface area contributed by atoms with E-state index < -0.39 is 5.91 Å². The monoisotopic (exact) mass is 465 g/mol. The third kappa shape index (κ3) is 5.51. The Hall–Kier alpha value is -2.97. The molecule has 1 unspecified atom stereocenters. The Morgan fingerprint density at radius 2 is 2.00 bits per heavy atom. The second-order valence-electron chi connectivity index (χ2n) is 9.08. The molecule has 3 rings (SSSR count). The summed E-state index contributed by atoms with van der Waals surface area (Å²) in [6.07, 6.45) is 3.64. The van der Waals surface area contributed by atoms with E-state index in [-0.39, 0.29) is 11.1 Å². The number of ether oxygens (including phenoxy) is 1. The summed E-state index contributed by atoms with van der Waals surface area (Å²) in [4.78, 5) is 15.2. The molecule has 0 aromatic heterocycles. The third-order valence-electron chi connectivity index (χ3n) is 6.04. The molecule has 5 nitrogen and oxygen atoms in total. The molecule has 2 aromatic carbocycles. The van der Waals surface area contributed by atoms with Gasteiger partial charge in [-0.1, -0.05) is 25.4 Å². The maximum Gasteiger partial charge on any atom is 0.266 e. The predicted octanol–water partition coefficient (Wildman–Crippen LogP) is 6.79. The van der Waals surface area contributed by atoms with Crippen LogP contribution in [0.2, 0.25) is 5.02 Å². The summed E-state index contributed by atoms with van der Waals surface area (Å²) < 4.78 is 5.42. The van der Waals surface area contributed by atoms with Crippen molar-refractivity contribution in [2.45, 2.75) is 58.9 Å². The van der Waals surface area contributed by atoms with Crippen LogP contribution < -0.4 is 15.0 Å². The molecule has 1 amide bonds. The van der Waals surface area contributed by atoms with Crippen LogP contribution in [0, 0.1) is 11.3 Å². The van der Waals surface area contributed by atoms with Crippen molar-refractivity contribution in [3.8, 4) is 11.8 Å². The first-order chi connectivity index (χ1) is 15.7. The number of carbonyl (C=O) groups excluding carboxylic acids is 1. The second kappa shape index (κ2) is 10.3. The van der Waals surface area contributed by atoms with Crippen LogP contribution in [0.4, 0.5) is 11.4 Å². The Morgan fingerprint density at radius 1 is 1.30 bits per heavy atom. The molecule has 1 atom stereocenters. The zero-order valence-electron chi connectivity index (χ0n) is 20.0. The number of nitriles is 1. The Bertz CT molecular complexity index is 1080. The maximum absolute atomic E-state index is 12.8. The number of carbonyl (C=O) groups is 1. The molecule has 174 valence electrons. The van der Waals surface area contributed by atoms with Crippen LogP contribution in [0.1, 0.15) is 64.5 Å². The lowest BCUT2D eigenvalue weighted by Crippen LogP contribution is -2.48. The SMILES string of the molecule is CCCN1c2cc(Cl)c(/C=C(\C#N)C(=O)Nc3ccc(OCC)cc3)cc2C(C)CC1(C)C. The van der Waals surface area contributed by atoms with Gasteiger partial charge in [0, 0.05) is 28.5 Å². The summed E-state index contributed by atoms with van der Waals surface area (Å²) in [5, 5.41) is 13.0. The van der Waals surface area contributed by atoms with Gasteiger partial charge >= 0.3 is 0 Å². The van der Waals surface area contributed by atoms with Gasteiger partial charge < -0.3 is 15.0 Å². The van der Waals surface area contributed by atoms with E-state index in [0.717, 1.165) is 30.8 Å². The van der Waals surface area contributed by atoms with Crippen LogP contribution in [0.15, 0.2) is 42.0 Å². The summed E-state index contributed by atoms with van der Waals surface area (Å²) >= 11 is 6.65. The Labute approximate surface area is 202 Å². The van der Waals surface area contributed by atoms with Crippen LogP contribution in [-0.4, -0.2) is 24.6 Å². The number of rotatable bonds is 7. The Kier molecular flexibility index (Phi) is 7.71. The summed E-state index contributed by atoms with van der Waals surface area (Å²) in [6.45, 7) is 12.4. The van der Waals surface area contributed by atoms with Gasteiger partial charge in [-0.05, 0) is 93.1 Å². The normalized spacial score (nSPS) is 17.2. The van der Waals surface area contributed by atoms with Gasteiger partial charge in [-0.3, -0.25) is 4.79 Å². The van der Waals surface area contributed by atoms with Crippen molar-refractivity contribution in [1.82, 2.24) is 0 Å². The number of nitrogens with zero attached hydrogens (tertiary/aromatic N) is 2. The van der Waals surface area contributed by atoms with Crippen LogP contribution in [0.25, 0.3) is 6.08 Å². The highest BCUT2D eigenvalue weighted by Crippen LogP contribution is 2.45.